The van der Waals surface area contributed by atoms with Gasteiger partial charge in [-0.05, 0) is 24.5 Å². The minimum atomic E-state index is 0.0145. The SMILES string of the molecule is O=C(C1CCC1)N1C[C@@H]2CN(Cc3cccnc3)C(=O)[C@@H]2C1. The lowest BCUT2D eigenvalue weighted by Gasteiger charge is -2.30. The van der Waals surface area contributed by atoms with Crippen molar-refractivity contribution in [1.82, 2.24) is 14.8 Å². The van der Waals surface area contributed by atoms with E-state index in [1.165, 1.54) is 6.42 Å². The van der Waals surface area contributed by atoms with Gasteiger partial charge >= 0.3 is 0 Å². The molecule has 5 heteroatoms. The van der Waals surface area contributed by atoms with E-state index in [2.05, 4.69) is 4.98 Å². The average Bonchev–Trinajstić information content (AvgIpc) is 2.99. The Labute approximate surface area is 130 Å². The molecule has 2 saturated heterocycles. The summed E-state index contributed by atoms with van der Waals surface area (Å²) in [5.41, 5.74) is 1.07. The Morgan fingerprint density at radius 3 is 2.77 bits per heavy atom. The molecule has 1 aromatic heterocycles. The maximum absolute atomic E-state index is 12.6. The van der Waals surface area contributed by atoms with E-state index in [4.69, 9.17) is 0 Å². The molecule has 3 aliphatic rings. The van der Waals surface area contributed by atoms with Crippen molar-refractivity contribution in [2.75, 3.05) is 19.6 Å². The van der Waals surface area contributed by atoms with Gasteiger partial charge in [-0.2, -0.15) is 0 Å². The zero-order valence-electron chi connectivity index (χ0n) is 12.6. The number of pyridine rings is 1. The van der Waals surface area contributed by atoms with Crippen LogP contribution in [-0.4, -0.2) is 46.2 Å². The van der Waals surface area contributed by atoms with E-state index >= 15 is 0 Å². The minimum Gasteiger partial charge on any atom is -0.341 e. The smallest absolute Gasteiger partial charge is 0.228 e. The van der Waals surface area contributed by atoms with Gasteiger partial charge in [-0.25, -0.2) is 0 Å². The van der Waals surface area contributed by atoms with E-state index in [-0.39, 0.29) is 23.7 Å². The van der Waals surface area contributed by atoms with Crippen LogP contribution in [0.15, 0.2) is 24.5 Å². The van der Waals surface area contributed by atoms with Crippen LogP contribution in [0.5, 0.6) is 0 Å². The number of amides is 2. The topological polar surface area (TPSA) is 53.5 Å². The monoisotopic (exact) mass is 299 g/mol. The summed E-state index contributed by atoms with van der Waals surface area (Å²) in [7, 11) is 0. The Morgan fingerprint density at radius 2 is 2.14 bits per heavy atom. The first-order valence-corrected chi connectivity index (χ1v) is 8.19. The fourth-order valence-corrected chi connectivity index (χ4v) is 3.89. The van der Waals surface area contributed by atoms with Crippen LogP contribution in [0.2, 0.25) is 0 Å². The van der Waals surface area contributed by atoms with Gasteiger partial charge in [-0.1, -0.05) is 12.5 Å². The summed E-state index contributed by atoms with van der Waals surface area (Å²) in [6, 6.07) is 3.90. The van der Waals surface area contributed by atoms with E-state index in [9.17, 15) is 9.59 Å². The number of hydrogen-bond acceptors (Lipinski definition) is 3. The summed E-state index contributed by atoms with van der Waals surface area (Å²) in [4.78, 5) is 32.9. The summed E-state index contributed by atoms with van der Waals surface area (Å²) >= 11 is 0. The number of fused-ring (bicyclic) bond motifs is 1. The molecule has 4 rings (SSSR count). The van der Waals surface area contributed by atoms with E-state index in [0.717, 1.165) is 31.5 Å². The van der Waals surface area contributed by atoms with Gasteiger partial charge in [0.2, 0.25) is 11.8 Å². The number of likely N-dealkylation sites (tertiary alicyclic amines) is 2. The first-order chi connectivity index (χ1) is 10.7. The fraction of sp³-hybridized carbons (Fsp3) is 0.588. The van der Waals surface area contributed by atoms with Gasteiger partial charge in [0.15, 0.2) is 0 Å². The maximum atomic E-state index is 12.6. The molecule has 0 spiro atoms. The summed E-state index contributed by atoms with van der Waals surface area (Å²) in [6.45, 7) is 2.79. The van der Waals surface area contributed by atoms with Crippen LogP contribution in [0, 0.1) is 17.8 Å². The molecule has 22 heavy (non-hydrogen) atoms. The molecular formula is C17H21N3O2. The van der Waals surface area contributed by atoms with Gasteiger partial charge in [0.25, 0.3) is 0 Å². The molecule has 2 amide bonds. The molecule has 1 saturated carbocycles. The molecule has 2 atom stereocenters. The molecule has 0 unspecified atom stereocenters. The lowest BCUT2D eigenvalue weighted by molar-refractivity contribution is -0.138. The number of rotatable bonds is 3. The highest BCUT2D eigenvalue weighted by molar-refractivity contribution is 5.85. The van der Waals surface area contributed by atoms with Crippen LogP contribution < -0.4 is 0 Å². The van der Waals surface area contributed by atoms with Crippen molar-refractivity contribution in [3.8, 4) is 0 Å². The van der Waals surface area contributed by atoms with Gasteiger partial charge in [0.05, 0.1) is 5.92 Å². The second-order valence-corrected chi connectivity index (χ2v) is 6.82. The molecule has 1 aliphatic carbocycles. The minimum absolute atomic E-state index is 0.0145. The highest BCUT2D eigenvalue weighted by atomic mass is 16.2. The van der Waals surface area contributed by atoms with Crippen molar-refractivity contribution >= 4 is 11.8 Å². The molecule has 3 fully saturated rings. The van der Waals surface area contributed by atoms with E-state index in [1.807, 2.05) is 28.1 Å². The first kappa shape index (κ1) is 13.7. The van der Waals surface area contributed by atoms with Crippen molar-refractivity contribution in [3.63, 3.8) is 0 Å². The predicted octanol–water partition coefficient (Wildman–Crippen LogP) is 1.30. The lowest BCUT2D eigenvalue weighted by Crippen LogP contribution is -2.40. The van der Waals surface area contributed by atoms with Crippen molar-refractivity contribution in [2.24, 2.45) is 17.8 Å². The molecule has 3 heterocycles. The lowest BCUT2D eigenvalue weighted by atomic mass is 9.84. The fourth-order valence-electron chi connectivity index (χ4n) is 3.89. The summed E-state index contributed by atoms with van der Waals surface area (Å²) < 4.78 is 0. The highest BCUT2D eigenvalue weighted by Crippen LogP contribution is 2.36. The number of hydrogen-bond donors (Lipinski definition) is 0. The van der Waals surface area contributed by atoms with Crippen molar-refractivity contribution in [2.45, 2.75) is 25.8 Å². The van der Waals surface area contributed by atoms with Crippen LogP contribution in [0.25, 0.3) is 0 Å². The average molecular weight is 299 g/mol. The number of carbonyl (C=O) groups excluding carboxylic acids is 2. The molecule has 116 valence electrons. The molecule has 5 nitrogen and oxygen atoms in total. The second kappa shape index (κ2) is 5.38. The third-order valence-corrected chi connectivity index (χ3v) is 5.39. The molecule has 0 N–H and O–H groups in total. The maximum Gasteiger partial charge on any atom is 0.228 e. The number of aromatic nitrogens is 1. The Bertz CT molecular complexity index is 585. The Balaban J connectivity index is 1.39. The first-order valence-electron chi connectivity index (χ1n) is 8.19. The highest BCUT2D eigenvalue weighted by Gasteiger charge is 2.48. The van der Waals surface area contributed by atoms with Gasteiger partial charge in [-0.3, -0.25) is 14.6 Å². The molecule has 0 radical (unpaired) electrons. The standard InChI is InChI=1S/C17H21N3O2/c21-16(13-4-1-5-13)20-10-14-9-19(17(22)15(14)11-20)8-12-3-2-6-18-7-12/h2-3,6-7,13-15H,1,4-5,8-11H2/t14-,15+/m0/s1. The van der Waals surface area contributed by atoms with Crippen molar-refractivity contribution in [3.05, 3.63) is 30.1 Å². The van der Waals surface area contributed by atoms with Crippen molar-refractivity contribution < 1.29 is 9.59 Å². The summed E-state index contributed by atoms with van der Waals surface area (Å²) in [5, 5.41) is 0. The van der Waals surface area contributed by atoms with Crippen molar-refractivity contribution in [1.29, 1.82) is 0 Å². The van der Waals surface area contributed by atoms with Crippen LogP contribution in [0.1, 0.15) is 24.8 Å². The van der Waals surface area contributed by atoms with Crippen LogP contribution in [-0.2, 0) is 16.1 Å². The molecular weight excluding hydrogens is 278 g/mol. The van der Waals surface area contributed by atoms with Gasteiger partial charge < -0.3 is 9.80 Å². The Kier molecular flexibility index (Phi) is 3.36. The summed E-state index contributed by atoms with van der Waals surface area (Å²) in [5.74, 6) is 1.05. The zero-order valence-corrected chi connectivity index (χ0v) is 12.6. The van der Waals surface area contributed by atoms with Gasteiger partial charge in [-0.15, -0.1) is 0 Å². The molecule has 0 aromatic carbocycles. The van der Waals surface area contributed by atoms with E-state index in [0.29, 0.717) is 19.0 Å². The van der Waals surface area contributed by atoms with E-state index in [1.54, 1.807) is 6.20 Å². The quantitative estimate of drug-likeness (QED) is 0.845. The zero-order chi connectivity index (χ0) is 15.1. The predicted molar refractivity (Wildman–Crippen MR) is 80.6 cm³/mol. The molecule has 0 bridgehead atoms. The Morgan fingerprint density at radius 1 is 1.27 bits per heavy atom. The number of nitrogens with zero attached hydrogens (tertiary/aromatic N) is 3. The van der Waals surface area contributed by atoms with Crippen LogP contribution in [0.4, 0.5) is 0 Å². The van der Waals surface area contributed by atoms with Crippen LogP contribution in [0.3, 0.4) is 0 Å². The van der Waals surface area contributed by atoms with E-state index < -0.39 is 0 Å². The van der Waals surface area contributed by atoms with Gasteiger partial charge in [0, 0.05) is 50.4 Å². The number of carbonyl (C=O) groups is 2. The largest absolute Gasteiger partial charge is 0.341 e. The molecule has 1 aromatic rings. The third-order valence-electron chi connectivity index (χ3n) is 5.39. The summed E-state index contributed by atoms with van der Waals surface area (Å²) in [6.07, 6.45) is 6.80. The third kappa shape index (κ3) is 2.28. The van der Waals surface area contributed by atoms with Gasteiger partial charge in [0.1, 0.15) is 0 Å². The Hall–Kier alpha value is -1.91. The van der Waals surface area contributed by atoms with Crippen LogP contribution >= 0.6 is 0 Å². The molecule has 2 aliphatic heterocycles. The second-order valence-electron chi connectivity index (χ2n) is 6.82. The normalized spacial score (nSPS) is 27.9.